The van der Waals surface area contributed by atoms with Gasteiger partial charge in [0.1, 0.15) is 0 Å². The molecule has 0 atom stereocenters. The Morgan fingerprint density at radius 2 is 0.891 bits per heavy atom. The first-order chi connectivity index (χ1) is 25.1. The van der Waals surface area contributed by atoms with Crippen molar-refractivity contribution in [1.82, 2.24) is 19.4 Å². The Kier molecular flexibility index (Phi) is 16.3. The highest BCUT2D eigenvalue weighted by Gasteiger charge is 2.61. The molecule has 0 unspecified atom stereocenters. The van der Waals surface area contributed by atoms with Crippen molar-refractivity contribution in [1.29, 1.82) is 0 Å². The van der Waals surface area contributed by atoms with E-state index in [9.17, 15) is 79.1 Å². The number of hydrogen-bond donors (Lipinski definition) is 1. The van der Waals surface area contributed by atoms with Gasteiger partial charge in [0.05, 0.1) is 9.79 Å². The summed E-state index contributed by atoms with van der Waals surface area (Å²) in [5.74, 6) is 0. The van der Waals surface area contributed by atoms with Crippen molar-refractivity contribution in [3.63, 3.8) is 0 Å². The highest BCUT2D eigenvalue weighted by atomic mass is 35.7. The Hall–Kier alpha value is -3.75. The molecule has 2 aromatic carbocycles. The van der Waals surface area contributed by atoms with Crippen LogP contribution in [0.15, 0.2) is 70.5 Å². The molecule has 2 heterocycles. The number of rotatable bonds is 5. The van der Waals surface area contributed by atoms with E-state index in [0.717, 1.165) is 9.21 Å². The smallest absolute Gasteiger partial charge is 0.426 e. The molecule has 2 fully saturated rings. The lowest BCUT2D eigenvalue weighted by Gasteiger charge is -2.34. The van der Waals surface area contributed by atoms with E-state index < -0.39 is 81.3 Å². The average molecular weight is 877 g/mol. The largest absolute Gasteiger partial charge is 0.434 e. The molecule has 4 rings (SSSR count). The lowest BCUT2D eigenvalue weighted by atomic mass is 10.3. The summed E-state index contributed by atoms with van der Waals surface area (Å²) in [5.41, 5.74) is 0. The van der Waals surface area contributed by atoms with E-state index in [0.29, 0.717) is 4.90 Å². The Morgan fingerprint density at radius 1 is 0.564 bits per heavy atom. The molecular weight excluding hydrogens is 848 g/mol. The Balaban J connectivity index is 0.000000319. The molecule has 2 amide bonds. The highest BCUT2D eigenvalue weighted by molar-refractivity contribution is 8.13. The minimum Gasteiger partial charge on any atom is -0.426 e. The van der Waals surface area contributed by atoms with Gasteiger partial charge in [-0.3, -0.25) is 0 Å². The summed E-state index contributed by atoms with van der Waals surface area (Å²) in [7, 11) is -2.39. The molecule has 2 saturated heterocycles. The summed E-state index contributed by atoms with van der Waals surface area (Å²) in [4.78, 5) is 24.4. The molecule has 0 aliphatic carbocycles. The summed E-state index contributed by atoms with van der Waals surface area (Å²) >= 11 is 0. The number of benzene rings is 2. The summed E-state index contributed by atoms with van der Waals surface area (Å²) in [6.07, 6.45) is -34.7. The Bertz CT molecular complexity index is 1730. The highest BCUT2D eigenvalue weighted by Crippen LogP contribution is 2.37. The topological polar surface area (TPSA) is 143 Å². The molecule has 27 heteroatoms. The second kappa shape index (κ2) is 18.9. The van der Waals surface area contributed by atoms with Crippen molar-refractivity contribution >= 4 is 41.9 Å². The minimum atomic E-state index is -5.81. The van der Waals surface area contributed by atoms with Crippen LogP contribution in [-0.4, -0.2) is 132 Å². The van der Waals surface area contributed by atoms with Crippen LogP contribution in [0.2, 0.25) is 0 Å². The molecule has 0 bridgehead atoms. The summed E-state index contributed by atoms with van der Waals surface area (Å²) in [6, 6.07) is 15.1. The molecule has 2 aliphatic rings. The van der Waals surface area contributed by atoms with Gasteiger partial charge >= 0.3 is 36.9 Å². The van der Waals surface area contributed by atoms with Crippen molar-refractivity contribution in [3.05, 3.63) is 60.7 Å². The van der Waals surface area contributed by atoms with Gasteiger partial charge in [-0.2, -0.15) is 57.0 Å². The standard InChI is InChI=1S/C14H14F6N2O4S.C8H10F6N2O2.C6H5ClO2S/c15-13(16,17)11(14(18,19)20)26-12(23)21-6-8-22(9-7-21)27(24,25)10-4-2-1-3-5-10;9-7(10,11)5(8(12,13)14)18-6(17)16-3-1-15-2-4-16;7-10(8,9)6-4-2-1-3-5-6/h1-5,11H,6-9H2;5,15H,1-4H2;1-5H. The van der Waals surface area contributed by atoms with Crippen LogP contribution in [0, 0.1) is 0 Å². The number of sulfonamides is 1. The van der Waals surface area contributed by atoms with E-state index >= 15 is 0 Å². The SMILES string of the molecule is O=C(OC(C(F)(F)F)C(F)(F)F)N1CCN(S(=O)(=O)c2ccccc2)CC1.O=C(OC(C(F)(F)F)C(F)(F)F)N1CCNCC1.O=S(=O)(Cl)c1ccccc1. The van der Waals surface area contributed by atoms with E-state index in [-0.39, 0.29) is 49.1 Å². The number of carbonyl (C=O) groups excluding carboxylic acids is 2. The van der Waals surface area contributed by atoms with Crippen LogP contribution in [0.4, 0.5) is 62.3 Å². The number of alkyl halides is 12. The van der Waals surface area contributed by atoms with E-state index in [1.165, 1.54) is 36.4 Å². The second-order valence-electron chi connectivity index (χ2n) is 10.9. The number of ether oxygens (including phenoxy) is 2. The van der Waals surface area contributed by atoms with Crippen LogP contribution in [-0.2, 0) is 28.5 Å². The molecule has 0 spiro atoms. The van der Waals surface area contributed by atoms with Crippen LogP contribution in [0.3, 0.4) is 0 Å². The van der Waals surface area contributed by atoms with Gasteiger partial charge in [-0.1, -0.05) is 36.4 Å². The third kappa shape index (κ3) is 15.0. The van der Waals surface area contributed by atoms with Crippen molar-refractivity contribution in [3.8, 4) is 0 Å². The number of nitrogens with one attached hydrogen (secondary N) is 1. The summed E-state index contributed by atoms with van der Waals surface area (Å²) < 4.78 is 201. The number of nitrogens with zero attached hydrogens (tertiary/aromatic N) is 3. The maximum atomic E-state index is 12.4. The molecular formula is C28H29ClF12N4O8S2. The molecule has 1 N–H and O–H groups in total. The lowest BCUT2D eigenvalue weighted by molar-refractivity contribution is -0.309. The molecule has 2 aliphatic heterocycles. The first-order valence-electron chi connectivity index (χ1n) is 15.0. The van der Waals surface area contributed by atoms with Crippen LogP contribution in [0.1, 0.15) is 0 Å². The van der Waals surface area contributed by atoms with Crippen molar-refractivity contribution < 1.29 is 88.6 Å². The van der Waals surface area contributed by atoms with Gasteiger partial charge in [0.15, 0.2) is 0 Å². The van der Waals surface area contributed by atoms with Crippen LogP contribution >= 0.6 is 10.7 Å². The molecule has 0 saturated carbocycles. The zero-order valence-electron chi connectivity index (χ0n) is 27.4. The Labute approximate surface area is 309 Å². The number of carbonyl (C=O) groups is 2. The van der Waals surface area contributed by atoms with Gasteiger partial charge < -0.3 is 24.6 Å². The first kappa shape index (κ1) is 47.4. The predicted octanol–water partition coefficient (Wildman–Crippen LogP) is 5.76. The summed E-state index contributed by atoms with van der Waals surface area (Å²) in [6.45, 7) is -0.830. The van der Waals surface area contributed by atoms with Crippen LogP contribution in [0.25, 0.3) is 0 Å². The maximum Gasteiger partial charge on any atom is 0.434 e. The van der Waals surface area contributed by atoms with Crippen molar-refractivity contribution in [2.24, 2.45) is 0 Å². The fourth-order valence-electron chi connectivity index (χ4n) is 4.27. The van der Waals surface area contributed by atoms with Gasteiger partial charge in [-0.05, 0) is 24.3 Å². The summed E-state index contributed by atoms with van der Waals surface area (Å²) in [5, 5.41) is 2.79. The van der Waals surface area contributed by atoms with Crippen LogP contribution < -0.4 is 5.32 Å². The van der Waals surface area contributed by atoms with Gasteiger partial charge in [0.25, 0.3) is 21.3 Å². The lowest BCUT2D eigenvalue weighted by Crippen LogP contribution is -2.53. The van der Waals surface area contributed by atoms with Crippen molar-refractivity contribution in [2.75, 3.05) is 52.4 Å². The quantitative estimate of drug-likeness (QED) is 0.293. The Morgan fingerprint density at radius 3 is 1.20 bits per heavy atom. The van der Waals surface area contributed by atoms with Gasteiger partial charge in [0, 0.05) is 63.0 Å². The van der Waals surface area contributed by atoms with Gasteiger partial charge in [0.2, 0.25) is 10.0 Å². The second-order valence-corrected chi connectivity index (χ2v) is 15.4. The fourth-order valence-corrected chi connectivity index (χ4v) is 6.51. The average Bonchev–Trinajstić information content (AvgIpc) is 3.09. The van der Waals surface area contributed by atoms with E-state index in [1.54, 1.807) is 24.3 Å². The monoisotopic (exact) mass is 876 g/mol. The van der Waals surface area contributed by atoms with Gasteiger partial charge in [-0.15, -0.1) is 0 Å². The number of hydrogen-bond acceptors (Lipinski definition) is 9. The van der Waals surface area contributed by atoms with E-state index in [4.69, 9.17) is 10.7 Å². The molecule has 2 aromatic rings. The zero-order valence-corrected chi connectivity index (χ0v) is 29.8. The third-order valence-corrected chi connectivity index (χ3v) is 10.2. The molecule has 0 radical (unpaired) electrons. The van der Waals surface area contributed by atoms with Gasteiger partial charge in [-0.25, -0.2) is 26.4 Å². The van der Waals surface area contributed by atoms with Crippen molar-refractivity contribution in [2.45, 2.75) is 46.7 Å². The molecule has 12 nitrogen and oxygen atoms in total. The normalized spacial score (nSPS) is 16.4. The maximum absolute atomic E-state index is 12.4. The fraction of sp³-hybridized carbons (Fsp3) is 0.500. The molecule has 55 heavy (non-hydrogen) atoms. The van der Waals surface area contributed by atoms with E-state index in [1.807, 2.05) is 0 Å². The number of amides is 2. The predicted molar refractivity (Wildman–Crippen MR) is 165 cm³/mol. The number of piperazine rings is 2. The van der Waals surface area contributed by atoms with E-state index in [2.05, 4.69) is 14.8 Å². The molecule has 0 aromatic heterocycles. The minimum absolute atomic E-state index is 0.00126. The van der Waals surface area contributed by atoms with Crippen LogP contribution in [0.5, 0.6) is 0 Å². The first-order valence-corrected chi connectivity index (χ1v) is 18.7. The zero-order chi connectivity index (χ0) is 42.0. The third-order valence-electron chi connectivity index (χ3n) is 6.90. The number of halogens is 13. The molecule has 312 valence electrons.